The Kier molecular flexibility index (Phi) is 10.0. The topological polar surface area (TPSA) is 78.4 Å². The summed E-state index contributed by atoms with van der Waals surface area (Å²) in [4.78, 5) is 12.6. The largest absolute Gasteiger partial charge is 0.493 e. The second-order valence-corrected chi connectivity index (χ2v) is 8.78. The molecule has 0 unspecified atom stereocenters. The van der Waals surface area contributed by atoms with Crippen molar-refractivity contribution in [2.75, 3.05) is 20.3 Å². The number of benzene rings is 3. The molecule has 35 heavy (non-hydrogen) atoms. The number of hydrogen-bond donors (Lipinski definition) is 1. The average molecular weight is 609 g/mol. The van der Waals surface area contributed by atoms with Crippen molar-refractivity contribution < 1.29 is 23.7 Å². The highest BCUT2D eigenvalue weighted by molar-refractivity contribution is 14.1. The highest BCUT2D eigenvalue weighted by atomic mass is 127. The maximum absolute atomic E-state index is 12.6. The molecule has 3 aromatic carbocycles. The van der Waals surface area contributed by atoms with Gasteiger partial charge in [0.25, 0.3) is 5.91 Å². The number of carbonyl (C=O) groups excluding carboxylic acids is 1. The van der Waals surface area contributed by atoms with E-state index in [2.05, 4.69) is 33.1 Å². The minimum Gasteiger partial charge on any atom is -0.493 e. The molecule has 0 saturated heterocycles. The number of hydrazone groups is 1. The van der Waals surface area contributed by atoms with Gasteiger partial charge in [-0.1, -0.05) is 23.7 Å². The summed E-state index contributed by atoms with van der Waals surface area (Å²) in [6, 6.07) is 16.2. The Hall–Kier alpha value is -2.98. The molecular formula is C26H26ClIN2O5. The molecule has 184 valence electrons. The average Bonchev–Trinajstić information content (AvgIpc) is 2.84. The fourth-order valence-electron chi connectivity index (χ4n) is 3.16. The molecule has 3 aromatic rings. The van der Waals surface area contributed by atoms with Crippen LogP contribution in [0.2, 0.25) is 5.02 Å². The van der Waals surface area contributed by atoms with Gasteiger partial charge in [0.15, 0.2) is 23.0 Å². The van der Waals surface area contributed by atoms with Gasteiger partial charge < -0.3 is 18.9 Å². The zero-order valence-electron chi connectivity index (χ0n) is 19.6. The third kappa shape index (κ3) is 7.50. The van der Waals surface area contributed by atoms with Crippen LogP contribution in [0.4, 0.5) is 0 Å². The van der Waals surface area contributed by atoms with Crippen LogP contribution < -0.4 is 24.4 Å². The SMILES string of the molecule is CCOc1ccc(C(=O)N/N=C/c2cc(I)c(OCc3cccc(Cl)c3)c(OC)c2)cc1OCC. The lowest BCUT2D eigenvalue weighted by atomic mass is 10.2. The molecule has 0 bridgehead atoms. The molecule has 7 nitrogen and oxygen atoms in total. The predicted molar refractivity (Wildman–Crippen MR) is 145 cm³/mol. The van der Waals surface area contributed by atoms with E-state index < -0.39 is 0 Å². The van der Waals surface area contributed by atoms with Gasteiger partial charge in [-0.2, -0.15) is 5.10 Å². The van der Waals surface area contributed by atoms with Crippen LogP contribution in [0.15, 0.2) is 59.7 Å². The lowest BCUT2D eigenvalue weighted by Gasteiger charge is -2.14. The summed E-state index contributed by atoms with van der Waals surface area (Å²) in [7, 11) is 1.57. The third-order valence-electron chi connectivity index (χ3n) is 4.71. The van der Waals surface area contributed by atoms with E-state index in [1.807, 2.05) is 44.2 Å². The van der Waals surface area contributed by atoms with E-state index in [-0.39, 0.29) is 5.91 Å². The number of amides is 1. The summed E-state index contributed by atoms with van der Waals surface area (Å²) in [5.74, 6) is 1.91. The van der Waals surface area contributed by atoms with Crippen molar-refractivity contribution in [1.82, 2.24) is 5.43 Å². The zero-order chi connectivity index (χ0) is 25.2. The highest BCUT2D eigenvalue weighted by Crippen LogP contribution is 2.34. The molecule has 0 fully saturated rings. The molecular weight excluding hydrogens is 583 g/mol. The second kappa shape index (κ2) is 13.2. The number of ether oxygens (including phenoxy) is 4. The van der Waals surface area contributed by atoms with Crippen LogP contribution in [0.25, 0.3) is 0 Å². The van der Waals surface area contributed by atoms with Gasteiger partial charge in [-0.15, -0.1) is 0 Å². The molecule has 0 atom stereocenters. The summed E-state index contributed by atoms with van der Waals surface area (Å²) in [6.45, 7) is 5.07. The van der Waals surface area contributed by atoms with Crippen LogP contribution in [0, 0.1) is 3.57 Å². The van der Waals surface area contributed by atoms with E-state index in [0.29, 0.717) is 53.4 Å². The van der Waals surface area contributed by atoms with Gasteiger partial charge in [0.1, 0.15) is 6.61 Å². The van der Waals surface area contributed by atoms with Crippen LogP contribution in [0.5, 0.6) is 23.0 Å². The maximum Gasteiger partial charge on any atom is 0.271 e. The van der Waals surface area contributed by atoms with Gasteiger partial charge in [0.2, 0.25) is 0 Å². The van der Waals surface area contributed by atoms with Crippen molar-refractivity contribution in [1.29, 1.82) is 0 Å². The molecule has 1 N–H and O–H groups in total. The lowest BCUT2D eigenvalue weighted by molar-refractivity contribution is 0.0954. The normalized spacial score (nSPS) is 10.8. The van der Waals surface area contributed by atoms with E-state index in [4.69, 9.17) is 30.5 Å². The highest BCUT2D eigenvalue weighted by Gasteiger charge is 2.13. The van der Waals surface area contributed by atoms with E-state index in [0.717, 1.165) is 14.7 Å². The molecule has 0 aliphatic heterocycles. The summed E-state index contributed by atoms with van der Waals surface area (Å²) >= 11 is 8.22. The number of nitrogens with one attached hydrogen (secondary N) is 1. The summed E-state index contributed by atoms with van der Waals surface area (Å²) < 4.78 is 23.5. The zero-order valence-corrected chi connectivity index (χ0v) is 22.6. The van der Waals surface area contributed by atoms with Crippen molar-refractivity contribution in [3.63, 3.8) is 0 Å². The van der Waals surface area contributed by atoms with E-state index in [1.54, 1.807) is 37.6 Å². The van der Waals surface area contributed by atoms with Gasteiger partial charge in [0, 0.05) is 10.6 Å². The monoisotopic (exact) mass is 608 g/mol. The van der Waals surface area contributed by atoms with Crippen molar-refractivity contribution >= 4 is 46.3 Å². The first-order valence-electron chi connectivity index (χ1n) is 10.9. The molecule has 9 heteroatoms. The van der Waals surface area contributed by atoms with Gasteiger partial charge >= 0.3 is 0 Å². The Balaban J connectivity index is 1.69. The fourth-order valence-corrected chi connectivity index (χ4v) is 4.15. The molecule has 0 spiro atoms. The Morgan fingerprint density at radius 1 is 1.00 bits per heavy atom. The smallest absolute Gasteiger partial charge is 0.271 e. The quantitative estimate of drug-likeness (QED) is 0.162. The van der Waals surface area contributed by atoms with Crippen molar-refractivity contribution in [2.24, 2.45) is 5.10 Å². The Morgan fingerprint density at radius 3 is 2.49 bits per heavy atom. The first kappa shape index (κ1) is 26.6. The van der Waals surface area contributed by atoms with Crippen LogP contribution in [0.1, 0.15) is 35.3 Å². The minimum absolute atomic E-state index is 0.349. The lowest BCUT2D eigenvalue weighted by Crippen LogP contribution is -2.17. The van der Waals surface area contributed by atoms with Crippen molar-refractivity contribution in [3.05, 3.63) is 79.9 Å². The summed E-state index contributed by atoms with van der Waals surface area (Å²) in [5.41, 5.74) is 4.64. The van der Waals surface area contributed by atoms with Crippen molar-refractivity contribution in [3.8, 4) is 23.0 Å². The molecule has 0 aliphatic carbocycles. The maximum atomic E-state index is 12.6. The van der Waals surface area contributed by atoms with Gasteiger partial charge in [-0.05, 0) is 90.0 Å². The predicted octanol–water partition coefficient (Wildman–Crippen LogP) is 6.09. The molecule has 0 aliphatic rings. The van der Waals surface area contributed by atoms with E-state index >= 15 is 0 Å². The van der Waals surface area contributed by atoms with E-state index in [9.17, 15) is 4.79 Å². The van der Waals surface area contributed by atoms with Crippen molar-refractivity contribution in [2.45, 2.75) is 20.5 Å². The summed E-state index contributed by atoms with van der Waals surface area (Å²) in [6.07, 6.45) is 1.54. The van der Waals surface area contributed by atoms with Gasteiger partial charge in [-0.3, -0.25) is 4.79 Å². The minimum atomic E-state index is -0.367. The first-order valence-corrected chi connectivity index (χ1v) is 12.4. The Morgan fingerprint density at radius 2 is 1.77 bits per heavy atom. The molecule has 3 rings (SSSR count). The Labute approximate surface area is 223 Å². The standard InChI is InChI=1S/C26H26ClIN2O5/c1-4-33-22-10-9-19(14-23(22)34-5-2)26(31)30-29-15-18-12-21(28)25(24(13-18)32-3)35-16-17-7-6-8-20(27)11-17/h6-15H,4-5,16H2,1-3H3,(H,30,31)/b29-15+. The van der Waals surface area contributed by atoms with Crippen LogP contribution in [0.3, 0.4) is 0 Å². The van der Waals surface area contributed by atoms with Gasteiger partial charge in [-0.25, -0.2) is 5.43 Å². The first-order chi connectivity index (χ1) is 16.9. The van der Waals surface area contributed by atoms with Crippen LogP contribution in [-0.2, 0) is 6.61 Å². The fraction of sp³-hybridized carbons (Fsp3) is 0.231. The number of nitrogens with zero attached hydrogens (tertiary/aromatic N) is 1. The third-order valence-corrected chi connectivity index (χ3v) is 5.75. The number of halogens is 2. The Bertz CT molecular complexity index is 1200. The van der Waals surface area contributed by atoms with E-state index in [1.165, 1.54) is 0 Å². The number of hydrogen-bond acceptors (Lipinski definition) is 6. The molecule has 0 heterocycles. The van der Waals surface area contributed by atoms with Crippen LogP contribution in [-0.4, -0.2) is 32.4 Å². The molecule has 0 saturated carbocycles. The number of rotatable bonds is 11. The van der Waals surface area contributed by atoms with Gasteiger partial charge in [0.05, 0.1) is 30.1 Å². The molecule has 0 radical (unpaired) electrons. The van der Waals surface area contributed by atoms with Crippen LogP contribution >= 0.6 is 34.2 Å². The molecule has 1 amide bonds. The summed E-state index contributed by atoms with van der Waals surface area (Å²) in [5, 5.41) is 4.74. The number of carbonyl (C=O) groups is 1. The molecule has 0 aromatic heterocycles. The number of methoxy groups -OCH3 is 1. The second-order valence-electron chi connectivity index (χ2n) is 7.18.